The van der Waals surface area contributed by atoms with Crippen molar-refractivity contribution >= 4 is 11.6 Å². The van der Waals surface area contributed by atoms with E-state index in [0.29, 0.717) is 11.1 Å². The summed E-state index contributed by atoms with van der Waals surface area (Å²) < 4.78 is 14.7. The Morgan fingerprint density at radius 3 is 2.69 bits per heavy atom. The topological polar surface area (TPSA) is 38.0 Å². The molecule has 1 heterocycles. The van der Waals surface area contributed by atoms with Crippen LogP contribution in [-0.4, -0.2) is 14.9 Å². The third kappa shape index (κ3) is 2.23. The number of rotatable bonds is 2. The van der Waals surface area contributed by atoms with Crippen molar-refractivity contribution in [3.63, 3.8) is 0 Å². The van der Waals surface area contributed by atoms with Crippen molar-refractivity contribution in [2.75, 3.05) is 0 Å². The Morgan fingerprint density at radius 1 is 1.38 bits per heavy atom. The summed E-state index contributed by atoms with van der Waals surface area (Å²) in [5.41, 5.74) is 1.02. The molecule has 0 saturated heterocycles. The summed E-state index contributed by atoms with van der Waals surface area (Å²) in [5, 5.41) is 14.2. The monoisotopic (exact) mass is 240 g/mol. The highest BCUT2D eigenvalue weighted by molar-refractivity contribution is 6.30. The Kier molecular flexibility index (Phi) is 2.94. The van der Waals surface area contributed by atoms with Gasteiger partial charge in [0, 0.05) is 23.8 Å². The number of benzene rings is 1. The van der Waals surface area contributed by atoms with E-state index >= 15 is 0 Å². The lowest BCUT2D eigenvalue weighted by Gasteiger charge is -2.09. The van der Waals surface area contributed by atoms with Gasteiger partial charge in [-0.25, -0.2) is 4.39 Å². The van der Waals surface area contributed by atoms with E-state index in [0.717, 1.165) is 0 Å². The highest BCUT2D eigenvalue weighted by Crippen LogP contribution is 2.24. The van der Waals surface area contributed by atoms with Crippen molar-refractivity contribution in [3.05, 3.63) is 52.6 Å². The molecule has 1 atom stereocenters. The maximum atomic E-state index is 13.1. The third-order valence-electron chi connectivity index (χ3n) is 2.24. The number of halogens is 2. The van der Waals surface area contributed by atoms with Crippen molar-refractivity contribution in [1.82, 2.24) is 9.78 Å². The molecule has 84 valence electrons. The molecule has 0 spiro atoms. The summed E-state index contributed by atoms with van der Waals surface area (Å²) in [4.78, 5) is 0. The molecule has 0 radical (unpaired) electrons. The van der Waals surface area contributed by atoms with Crippen LogP contribution in [0.2, 0.25) is 5.02 Å². The molecule has 0 saturated carbocycles. The van der Waals surface area contributed by atoms with Gasteiger partial charge in [0.05, 0.1) is 6.20 Å². The van der Waals surface area contributed by atoms with Gasteiger partial charge in [-0.1, -0.05) is 11.6 Å². The molecule has 16 heavy (non-hydrogen) atoms. The van der Waals surface area contributed by atoms with Gasteiger partial charge in [0.1, 0.15) is 11.9 Å². The number of nitrogens with zero attached hydrogens (tertiary/aromatic N) is 2. The van der Waals surface area contributed by atoms with Crippen molar-refractivity contribution in [2.24, 2.45) is 7.05 Å². The zero-order valence-corrected chi connectivity index (χ0v) is 9.32. The Bertz CT molecular complexity index is 492. The Balaban J connectivity index is 2.37. The number of aryl methyl sites for hydroxylation is 1. The average Bonchev–Trinajstić information content (AvgIpc) is 2.62. The maximum Gasteiger partial charge on any atom is 0.125 e. The lowest BCUT2D eigenvalue weighted by Crippen LogP contribution is -1.99. The fraction of sp³-hybridized carbons (Fsp3) is 0.182. The Hall–Kier alpha value is -1.39. The second kappa shape index (κ2) is 4.23. The first-order valence-electron chi connectivity index (χ1n) is 4.69. The van der Waals surface area contributed by atoms with Crippen molar-refractivity contribution in [3.8, 4) is 0 Å². The van der Waals surface area contributed by atoms with Gasteiger partial charge in [-0.15, -0.1) is 0 Å². The quantitative estimate of drug-likeness (QED) is 0.875. The van der Waals surface area contributed by atoms with Crippen LogP contribution in [0.5, 0.6) is 0 Å². The zero-order valence-electron chi connectivity index (χ0n) is 8.56. The van der Waals surface area contributed by atoms with E-state index in [1.165, 1.54) is 24.4 Å². The minimum Gasteiger partial charge on any atom is -0.384 e. The first kappa shape index (κ1) is 11.1. The normalized spacial score (nSPS) is 12.8. The summed E-state index contributed by atoms with van der Waals surface area (Å²) in [7, 11) is 1.74. The fourth-order valence-electron chi connectivity index (χ4n) is 1.51. The molecular weight excluding hydrogens is 231 g/mol. The average molecular weight is 241 g/mol. The molecule has 2 rings (SSSR count). The SMILES string of the molecule is Cn1cc(C(O)c2cc(F)cc(Cl)c2)cn1. The first-order valence-corrected chi connectivity index (χ1v) is 5.06. The summed E-state index contributed by atoms with van der Waals surface area (Å²) in [5.74, 6) is -0.467. The highest BCUT2D eigenvalue weighted by atomic mass is 35.5. The van der Waals surface area contributed by atoms with E-state index in [1.807, 2.05) is 0 Å². The van der Waals surface area contributed by atoms with Crippen molar-refractivity contribution < 1.29 is 9.50 Å². The van der Waals surface area contributed by atoms with Crippen LogP contribution in [-0.2, 0) is 7.05 Å². The molecule has 0 fully saturated rings. The largest absolute Gasteiger partial charge is 0.384 e. The number of aliphatic hydroxyl groups excluding tert-OH is 1. The molecule has 0 aliphatic rings. The Morgan fingerprint density at radius 2 is 2.12 bits per heavy atom. The minimum absolute atomic E-state index is 0.262. The van der Waals surface area contributed by atoms with Gasteiger partial charge in [0.25, 0.3) is 0 Å². The van der Waals surface area contributed by atoms with Crippen LogP contribution in [0.3, 0.4) is 0 Å². The predicted molar refractivity (Wildman–Crippen MR) is 58.7 cm³/mol. The summed E-state index contributed by atoms with van der Waals surface area (Å²) in [6.07, 6.45) is 2.29. The van der Waals surface area contributed by atoms with E-state index in [1.54, 1.807) is 17.9 Å². The van der Waals surface area contributed by atoms with Gasteiger partial charge < -0.3 is 5.11 Å². The van der Waals surface area contributed by atoms with Crippen LogP contribution in [0.1, 0.15) is 17.2 Å². The van der Waals surface area contributed by atoms with Gasteiger partial charge in [-0.05, 0) is 23.8 Å². The molecule has 0 aliphatic heterocycles. The van der Waals surface area contributed by atoms with Crippen LogP contribution in [0.4, 0.5) is 4.39 Å². The summed E-state index contributed by atoms with van der Waals surface area (Å²) in [6.45, 7) is 0. The lowest BCUT2D eigenvalue weighted by molar-refractivity contribution is 0.219. The van der Waals surface area contributed by atoms with Crippen LogP contribution >= 0.6 is 11.6 Å². The highest BCUT2D eigenvalue weighted by Gasteiger charge is 2.13. The number of aliphatic hydroxyl groups is 1. The van der Waals surface area contributed by atoms with E-state index in [-0.39, 0.29) is 5.02 Å². The second-order valence-electron chi connectivity index (χ2n) is 3.55. The molecule has 1 aromatic heterocycles. The molecule has 0 aliphatic carbocycles. The molecule has 3 nitrogen and oxygen atoms in total. The number of hydrogen-bond donors (Lipinski definition) is 1. The molecule has 0 bridgehead atoms. The number of aromatic nitrogens is 2. The summed E-state index contributed by atoms with van der Waals surface area (Å²) >= 11 is 5.71. The fourth-order valence-corrected chi connectivity index (χ4v) is 1.74. The first-order chi connectivity index (χ1) is 7.56. The second-order valence-corrected chi connectivity index (χ2v) is 3.99. The third-order valence-corrected chi connectivity index (χ3v) is 2.46. The molecule has 5 heteroatoms. The maximum absolute atomic E-state index is 13.1. The molecule has 0 amide bonds. The smallest absolute Gasteiger partial charge is 0.125 e. The van der Waals surface area contributed by atoms with Gasteiger partial charge in [0.2, 0.25) is 0 Å². The van der Waals surface area contributed by atoms with Crippen molar-refractivity contribution in [2.45, 2.75) is 6.10 Å². The molecule has 1 aromatic carbocycles. The van der Waals surface area contributed by atoms with Gasteiger partial charge >= 0.3 is 0 Å². The van der Waals surface area contributed by atoms with E-state index in [2.05, 4.69) is 5.10 Å². The molecule has 1 N–H and O–H groups in total. The van der Waals surface area contributed by atoms with Crippen molar-refractivity contribution in [1.29, 1.82) is 0 Å². The van der Waals surface area contributed by atoms with Crippen LogP contribution in [0.15, 0.2) is 30.6 Å². The predicted octanol–water partition coefficient (Wildman–Crippen LogP) is 2.29. The van der Waals surface area contributed by atoms with Crippen LogP contribution < -0.4 is 0 Å². The Labute approximate surface area is 97.1 Å². The van der Waals surface area contributed by atoms with E-state index in [4.69, 9.17) is 11.6 Å². The number of hydrogen-bond acceptors (Lipinski definition) is 2. The molecular formula is C11H10ClFN2O. The standard InChI is InChI=1S/C11H10ClFN2O/c1-15-6-8(5-14-15)11(16)7-2-9(12)4-10(13)3-7/h2-6,11,16H,1H3. The molecule has 1 unspecified atom stereocenters. The van der Waals surface area contributed by atoms with Gasteiger partial charge in [-0.2, -0.15) is 5.10 Å². The van der Waals surface area contributed by atoms with Gasteiger partial charge in [0.15, 0.2) is 0 Å². The zero-order chi connectivity index (χ0) is 11.7. The van der Waals surface area contributed by atoms with Crippen LogP contribution in [0, 0.1) is 5.82 Å². The summed E-state index contributed by atoms with van der Waals surface area (Å²) in [6, 6.07) is 3.98. The minimum atomic E-state index is -0.915. The van der Waals surface area contributed by atoms with E-state index in [9.17, 15) is 9.50 Å². The van der Waals surface area contributed by atoms with Gasteiger partial charge in [-0.3, -0.25) is 4.68 Å². The van der Waals surface area contributed by atoms with Crippen LogP contribution in [0.25, 0.3) is 0 Å². The van der Waals surface area contributed by atoms with E-state index < -0.39 is 11.9 Å². The molecule has 2 aromatic rings. The lowest BCUT2D eigenvalue weighted by atomic mass is 10.0.